The summed E-state index contributed by atoms with van der Waals surface area (Å²) in [5.41, 5.74) is -1.56. The molecule has 1 amide bonds. The fourth-order valence-electron chi connectivity index (χ4n) is 3.13. The Kier molecular flexibility index (Phi) is 6.66. The largest absolute Gasteiger partial charge is 0.452 e. The van der Waals surface area contributed by atoms with Crippen LogP contribution in [0.15, 0.2) is 42.5 Å². The molecule has 178 valence electrons. The fourth-order valence-corrected chi connectivity index (χ4v) is 3.13. The molecule has 3 rings (SSSR count). The number of nitrogens with zero attached hydrogens (tertiary/aromatic N) is 3. The highest BCUT2D eigenvalue weighted by Gasteiger charge is 2.33. The number of halogens is 4. The van der Waals surface area contributed by atoms with Gasteiger partial charge in [0.15, 0.2) is 6.61 Å². The van der Waals surface area contributed by atoms with E-state index in [1.807, 2.05) is 0 Å². The van der Waals surface area contributed by atoms with Crippen molar-refractivity contribution in [2.45, 2.75) is 20.0 Å². The molecule has 0 aliphatic heterocycles. The lowest BCUT2D eigenvalue weighted by molar-refractivity contribution is -0.384. The lowest BCUT2D eigenvalue weighted by Crippen LogP contribution is -2.22. The van der Waals surface area contributed by atoms with E-state index in [1.165, 1.54) is 35.9 Å². The van der Waals surface area contributed by atoms with Gasteiger partial charge in [-0.1, -0.05) is 0 Å². The van der Waals surface area contributed by atoms with Gasteiger partial charge in [-0.2, -0.15) is 18.3 Å². The molecule has 13 heteroatoms. The number of hydrogen-bond donors (Lipinski definition) is 1. The van der Waals surface area contributed by atoms with Gasteiger partial charge in [-0.05, 0) is 50.2 Å². The van der Waals surface area contributed by atoms with Crippen LogP contribution >= 0.6 is 0 Å². The minimum absolute atomic E-state index is 0.0534. The predicted octanol–water partition coefficient (Wildman–Crippen LogP) is 4.35. The number of benzene rings is 2. The summed E-state index contributed by atoms with van der Waals surface area (Å²) >= 11 is 0. The maximum Gasteiger partial charge on any atom is 0.416 e. The van der Waals surface area contributed by atoms with Crippen LogP contribution < -0.4 is 5.32 Å². The Labute approximate surface area is 189 Å². The second-order valence-electron chi connectivity index (χ2n) is 7.05. The maximum absolute atomic E-state index is 13.2. The van der Waals surface area contributed by atoms with E-state index in [0.29, 0.717) is 17.4 Å². The van der Waals surface area contributed by atoms with Crippen molar-refractivity contribution in [1.29, 1.82) is 0 Å². The average molecular weight is 480 g/mol. The molecule has 0 aliphatic carbocycles. The Morgan fingerprint density at radius 2 is 1.79 bits per heavy atom. The molecule has 0 fully saturated rings. The Balaban J connectivity index is 1.72. The van der Waals surface area contributed by atoms with Crippen molar-refractivity contribution in [2.24, 2.45) is 0 Å². The van der Waals surface area contributed by atoms with E-state index in [2.05, 4.69) is 10.4 Å². The lowest BCUT2D eigenvalue weighted by atomic mass is 10.1. The predicted molar refractivity (Wildman–Crippen MR) is 110 cm³/mol. The summed E-state index contributed by atoms with van der Waals surface area (Å²) in [6.45, 7) is 2.22. The highest BCUT2D eigenvalue weighted by molar-refractivity contribution is 5.97. The number of anilines is 1. The van der Waals surface area contributed by atoms with E-state index in [9.17, 15) is 37.3 Å². The van der Waals surface area contributed by atoms with E-state index in [-0.39, 0.29) is 17.3 Å². The normalized spacial score (nSPS) is 11.2. The molecule has 0 saturated heterocycles. The summed E-state index contributed by atoms with van der Waals surface area (Å²) in [5, 5.41) is 17.4. The quantitative estimate of drug-likeness (QED) is 0.243. The molecular weight excluding hydrogens is 464 g/mol. The number of nitro benzene ring substituents is 1. The third-order valence-electron chi connectivity index (χ3n) is 4.70. The number of nitro groups is 1. The maximum atomic E-state index is 13.2. The minimum atomic E-state index is -4.81. The van der Waals surface area contributed by atoms with Gasteiger partial charge in [-0.3, -0.25) is 14.9 Å². The van der Waals surface area contributed by atoms with Crippen LogP contribution in [0, 0.1) is 29.8 Å². The van der Waals surface area contributed by atoms with Gasteiger partial charge in [0.2, 0.25) is 0 Å². The fraction of sp³-hybridized carbons (Fsp3) is 0.190. The number of carbonyl (C=O) groups is 2. The average Bonchev–Trinajstić information content (AvgIpc) is 3.06. The minimum Gasteiger partial charge on any atom is -0.452 e. The lowest BCUT2D eigenvalue weighted by Gasteiger charge is -2.10. The standard InChI is InChI=1S/C21H16F4N4O5/c1-11-19(12(2)28(27-11)15-6-4-14(22)5-7-15)20(31)34-10-18(30)26-16-8-3-13(21(23,24)25)9-17(16)29(32)33/h3-9H,10H2,1-2H3,(H,26,30). The monoisotopic (exact) mass is 480 g/mol. The molecule has 1 N–H and O–H groups in total. The number of alkyl halides is 3. The topological polar surface area (TPSA) is 116 Å². The molecular formula is C21H16F4N4O5. The second kappa shape index (κ2) is 9.29. The Bertz CT molecular complexity index is 1270. The number of aryl methyl sites for hydroxylation is 1. The van der Waals surface area contributed by atoms with Crippen molar-refractivity contribution in [3.8, 4) is 5.69 Å². The molecule has 0 atom stereocenters. The number of hydrogen-bond acceptors (Lipinski definition) is 6. The van der Waals surface area contributed by atoms with Gasteiger partial charge < -0.3 is 10.1 Å². The molecule has 0 unspecified atom stereocenters. The number of carbonyl (C=O) groups excluding carboxylic acids is 2. The zero-order valence-corrected chi connectivity index (χ0v) is 17.6. The molecule has 34 heavy (non-hydrogen) atoms. The van der Waals surface area contributed by atoms with Crippen molar-refractivity contribution < 1.29 is 36.8 Å². The van der Waals surface area contributed by atoms with Gasteiger partial charge in [0.1, 0.15) is 17.1 Å². The summed E-state index contributed by atoms with van der Waals surface area (Å²) in [6, 6.07) is 6.94. The van der Waals surface area contributed by atoms with E-state index in [4.69, 9.17) is 4.74 Å². The van der Waals surface area contributed by atoms with Crippen molar-refractivity contribution in [3.63, 3.8) is 0 Å². The second-order valence-corrected chi connectivity index (χ2v) is 7.05. The SMILES string of the molecule is Cc1nn(-c2ccc(F)cc2)c(C)c1C(=O)OCC(=O)Nc1ccc(C(F)(F)F)cc1[N+](=O)[O-]. The van der Waals surface area contributed by atoms with Crippen LogP contribution in [0.25, 0.3) is 5.69 Å². The molecule has 1 aromatic heterocycles. The smallest absolute Gasteiger partial charge is 0.416 e. The zero-order chi connectivity index (χ0) is 25.2. The van der Waals surface area contributed by atoms with Crippen LogP contribution in [0.4, 0.5) is 28.9 Å². The van der Waals surface area contributed by atoms with Gasteiger partial charge in [-0.15, -0.1) is 0 Å². The van der Waals surface area contributed by atoms with Crippen molar-refractivity contribution in [2.75, 3.05) is 11.9 Å². The first-order valence-corrected chi connectivity index (χ1v) is 9.53. The highest BCUT2D eigenvalue weighted by Crippen LogP contribution is 2.35. The van der Waals surface area contributed by atoms with Crippen molar-refractivity contribution in [3.05, 3.63) is 80.9 Å². The summed E-state index contributed by atoms with van der Waals surface area (Å²) in [4.78, 5) is 34.7. The van der Waals surface area contributed by atoms with Crippen LogP contribution in [0.2, 0.25) is 0 Å². The molecule has 0 saturated carbocycles. The van der Waals surface area contributed by atoms with Gasteiger partial charge in [0.25, 0.3) is 11.6 Å². The first-order chi connectivity index (χ1) is 15.9. The summed E-state index contributed by atoms with van der Waals surface area (Å²) in [6.07, 6.45) is -4.81. The van der Waals surface area contributed by atoms with Gasteiger partial charge in [0, 0.05) is 6.07 Å². The Morgan fingerprint density at radius 3 is 2.38 bits per heavy atom. The number of rotatable bonds is 6. The summed E-state index contributed by atoms with van der Waals surface area (Å²) in [7, 11) is 0. The molecule has 0 bridgehead atoms. The van der Waals surface area contributed by atoms with Crippen LogP contribution in [-0.2, 0) is 15.7 Å². The van der Waals surface area contributed by atoms with E-state index in [1.54, 1.807) is 6.92 Å². The first kappa shape index (κ1) is 24.4. The van der Waals surface area contributed by atoms with Gasteiger partial charge in [-0.25, -0.2) is 13.9 Å². The molecule has 2 aromatic carbocycles. The number of nitrogens with one attached hydrogen (secondary N) is 1. The third-order valence-corrected chi connectivity index (χ3v) is 4.70. The Morgan fingerprint density at radius 1 is 1.15 bits per heavy atom. The zero-order valence-electron chi connectivity index (χ0n) is 17.6. The van der Waals surface area contributed by atoms with E-state index < -0.39 is 52.3 Å². The molecule has 1 heterocycles. The number of amides is 1. The summed E-state index contributed by atoms with van der Waals surface area (Å²) in [5.74, 6) is -2.37. The van der Waals surface area contributed by atoms with Gasteiger partial charge >= 0.3 is 12.1 Å². The van der Waals surface area contributed by atoms with Crippen molar-refractivity contribution >= 4 is 23.3 Å². The summed E-state index contributed by atoms with van der Waals surface area (Å²) < 4.78 is 57.9. The number of aromatic nitrogens is 2. The molecule has 0 radical (unpaired) electrons. The molecule has 9 nitrogen and oxygen atoms in total. The molecule has 0 spiro atoms. The van der Waals surface area contributed by atoms with Crippen LogP contribution in [0.1, 0.15) is 27.3 Å². The molecule has 0 aliphatic rings. The van der Waals surface area contributed by atoms with Crippen LogP contribution in [-0.4, -0.2) is 33.2 Å². The van der Waals surface area contributed by atoms with Crippen LogP contribution in [0.3, 0.4) is 0 Å². The molecule has 3 aromatic rings. The Hall–Kier alpha value is -4.29. The number of ether oxygens (including phenoxy) is 1. The van der Waals surface area contributed by atoms with Crippen molar-refractivity contribution in [1.82, 2.24) is 9.78 Å². The van der Waals surface area contributed by atoms with Gasteiger partial charge in [0.05, 0.1) is 27.6 Å². The van der Waals surface area contributed by atoms with E-state index >= 15 is 0 Å². The highest BCUT2D eigenvalue weighted by atomic mass is 19.4. The number of esters is 1. The third kappa shape index (κ3) is 5.19. The van der Waals surface area contributed by atoms with E-state index in [0.717, 1.165) is 6.07 Å². The first-order valence-electron chi connectivity index (χ1n) is 9.53. The van der Waals surface area contributed by atoms with Crippen LogP contribution in [0.5, 0.6) is 0 Å².